The Morgan fingerprint density at radius 1 is 1.17 bits per heavy atom. The molecule has 1 nitrogen and oxygen atoms in total. The number of hydrogen-bond donors (Lipinski definition) is 1. The van der Waals surface area contributed by atoms with Crippen LogP contribution in [0.2, 0.25) is 0 Å². The Hall–Kier alpha value is -0.820. The van der Waals surface area contributed by atoms with Crippen LogP contribution in [0.3, 0.4) is 0 Å². The first-order valence-electron chi connectivity index (χ1n) is 7.35. The largest absolute Gasteiger partial charge is 0.393 e. The number of benzene rings is 1. The van der Waals surface area contributed by atoms with E-state index in [0.717, 1.165) is 18.8 Å². The predicted octanol–water partition coefficient (Wildman–Crippen LogP) is 4.03. The molecule has 0 bridgehead atoms. The first kappa shape index (κ1) is 13.6. The summed E-state index contributed by atoms with van der Waals surface area (Å²) in [7, 11) is 0. The molecule has 1 heteroatoms. The fraction of sp³-hybridized carbons (Fsp3) is 0.647. The fourth-order valence-corrected chi connectivity index (χ4v) is 3.37. The molecule has 3 unspecified atom stereocenters. The van der Waals surface area contributed by atoms with Crippen molar-refractivity contribution in [2.75, 3.05) is 0 Å². The Balaban J connectivity index is 2.12. The third kappa shape index (κ3) is 2.95. The summed E-state index contributed by atoms with van der Waals surface area (Å²) in [6.07, 6.45) is 5.62. The van der Waals surface area contributed by atoms with E-state index < -0.39 is 0 Å². The molecule has 2 rings (SSSR count). The van der Waals surface area contributed by atoms with Gasteiger partial charge in [-0.25, -0.2) is 0 Å². The number of rotatable bonds is 3. The standard InChI is InChI=1S/C17H26O/c1-4-14-8-9-17(18)15(10-14)11-16-12(2)6-5-7-13(16)3/h5-7,14-15,17-18H,4,8-11H2,1-3H3. The summed E-state index contributed by atoms with van der Waals surface area (Å²) in [5, 5.41) is 10.2. The highest BCUT2D eigenvalue weighted by molar-refractivity contribution is 5.34. The van der Waals surface area contributed by atoms with E-state index in [1.165, 1.54) is 36.0 Å². The van der Waals surface area contributed by atoms with Crippen LogP contribution in [0, 0.1) is 25.7 Å². The Morgan fingerprint density at radius 3 is 2.44 bits per heavy atom. The molecule has 1 aliphatic carbocycles. The number of aryl methyl sites for hydroxylation is 2. The molecule has 0 aliphatic heterocycles. The van der Waals surface area contributed by atoms with Crippen molar-refractivity contribution in [3.63, 3.8) is 0 Å². The molecular weight excluding hydrogens is 220 g/mol. The summed E-state index contributed by atoms with van der Waals surface area (Å²) in [6.45, 7) is 6.65. The molecule has 0 aromatic heterocycles. The zero-order chi connectivity index (χ0) is 13.1. The average molecular weight is 246 g/mol. The lowest BCUT2D eigenvalue weighted by Gasteiger charge is -2.33. The summed E-state index contributed by atoms with van der Waals surface area (Å²) in [4.78, 5) is 0. The van der Waals surface area contributed by atoms with Crippen molar-refractivity contribution in [3.05, 3.63) is 34.9 Å². The molecule has 1 saturated carbocycles. The lowest BCUT2D eigenvalue weighted by molar-refractivity contribution is 0.0473. The van der Waals surface area contributed by atoms with Gasteiger partial charge < -0.3 is 5.11 Å². The Labute approximate surface area is 111 Å². The molecule has 0 spiro atoms. The average Bonchev–Trinajstić information content (AvgIpc) is 2.36. The smallest absolute Gasteiger partial charge is 0.0571 e. The lowest BCUT2D eigenvalue weighted by atomic mass is 9.75. The van der Waals surface area contributed by atoms with Gasteiger partial charge in [0.25, 0.3) is 0 Å². The molecule has 18 heavy (non-hydrogen) atoms. The molecule has 1 aliphatic rings. The van der Waals surface area contributed by atoms with Crippen LogP contribution in [0.1, 0.15) is 49.3 Å². The van der Waals surface area contributed by atoms with Crippen LogP contribution in [-0.2, 0) is 6.42 Å². The van der Waals surface area contributed by atoms with Gasteiger partial charge in [0.1, 0.15) is 0 Å². The van der Waals surface area contributed by atoms with E-state index in [1.54, 1.807) is 0 Å². The van der Waals surface area contributed by atoms with Crippen LogP contribution >= 0.6 is 0 Å². The molecule has 100 valence electrons. The maximum Gasteiger partial charge on any atom is 0.0571 e. The van der Waals surface area contributed by atoms with Crippen molar-refractivity contribution in [1.29, 1.82) is 0 Å². The van der Waals surface area contributed by atoms with E-state index >= 15 is 0 Å². The van der Waals surface area contributed by atoms with Crippen LogP contribution in [0.25, 0.3) is 0 Å². The number of hydrogen-bond acceptors (Lipinski definition) is 1. The van der Waals surface area contributed by atoms with Crippen LogP contribution < -0.4 is 0 Å². The highest BCUT2D eigenvalue weighted by Gasteiger charge is 2.28. The van der Waals surface area contributed by atoms with Gasteiger partial charge in [0.2, 0.25) is 0 Å². The summed E-state index contributed by atoms with van der Waals surface area (Å²) in [5.74, 6) is 1.28. The highest BCUT2D eigenvalue weighted by atomic mass is 16.3. The summed E-state index contributed by atoms with van der Waals surface area (Å²) < 4.78 is 0. The van der Waals surface area contributed by atoms with Crippen molar-refractivity contribution < 1.29 is 5.11 Å². The summed E-state index contributed by atoms with van der Waals surface area (Å²) in [5.41, 5.74) is 4.21. The zero-order valence-electron chi connectivity index (χ0n) is 11.9. The molecule has 0 radical (unpaired) electrons. The molecule has 1 N–H and O–H groups in total. The normalized spacial score (nSPS) is 28.3. The predicted molar refractivity (Wildman–Crippen MR) is 76.7 cm³/mol. The Morgan fingerprint density at radius 2 is 1.83 bits per heavy atom. The van der Waals surface area contributed by atoms with Gasteiger partial charge in [-0.05, 0) is 68.1 Å². The minimum atomic E-state index is -0.0909. The Kier molecular flexibility index (Phi) is 4.45. The van der Waals surface area contributed by atoms with Gasteiger partial charge in [-0.15, -0.1) is 0 Å². The second kappa shape index (κ2) is 5.88. The van der Waals surface area contributed by atoms with E-state index in [0.29, 0.717) is 5.92 Å². The van der Waals surface area contributed by atoms with Gasteiger partial charge >= 0.3 is 0 Å². The molecule has 1 fully saturated rings. The second-order valence-electron chi connectivity index (χ2n) is 5.99. The topological polar surface area (TPSA) is 20.2 Å². The number of aliphatic hydroxyl groups excluding tert-OH is 1. The lowest BCUT2D eigenvalue weighted by Crippen LogP contribution is -2.30. The maximum absolute atomic E-state index is 10.2. The third-order valence-corrected chi connectivity index (χ3v) is 4.74. The van der Waals surface area contributed by atoms with E-state index in [1.807, 2.05) is 0 Å². The minimum Gasteiger partial charge on any atom is -0.393 e. The van der Waals surface area contributed by atoms with Crippen LogP contribution in [0.5, 0.6) is 0 Å². The molecule has 0 heterocycles. The van der Waals surface area contributed by atoms with Crippen molar-refractivity contribution in [2.45, 2.75) is 59.0 Å². The molecular formula is C17H26O. The highest BCUT2D eigenvalue weighted by Crippen LogP contribution is 2.34. The monoisotopic (exact) mass is 246 g/mol. The van der Waals surface area contributed by atoms with Crippen LogP contribution in [0.4, 0.5) is 0 Å². The maximum atomic E-state index is 10.2. The zero-order valence-corrected chi connectivity index (χ0v) is 11.9. The van der Waals surface area contributed by atoms with Crippen molar-refractivity contribution in [1.82, 2.24) is 0 Å². The van der Waals surface area contributed by atoms with E-state index in [-0.39, 0.29) is 6.10 Å². The molecule has 0 amide bonds. The van der Waals surface area contributed by atoms with Gasteiger partial charge in [-0.3, -0.25) is 0 Å². The van der Waals surface area contributed by atoms with Crippen molar-refractivity contribution >= 4 is 0 Å². The van der Waals surface area contributed by atoms with E-state index in [2.05, 4.69) is 39.0 Å². The summed E-state index contributed by atoms with van der Waals surface area (Å²) >= 11 is 0. The molecule has 1 aromatic carbocycles. The molecule has 3 atom stereocenters. The SMILES string of the molecule is CCC1CCC(O)C(Cc2c(C)cccc2C)C1. The molecule has 0 saturated heterocycles. The minimum absolute atomic E-state index is 0.0909. The van der Waals surface area contributed by atoms with Gasteiger partial charge in [0.15, 0.2) is 0 Å². The van der Waals surface area contributed by atoms with Crippen LogP contribution in [-0.4, -0.2) is 11.2 Å². The first-order valence-corrected chi connectivity index (χ1v) is 7.35. The third-order valence-electron chi connectivity index (χ3n) is 4.74. The van der Waals surface area contributed by atoms with E-state index in [9.17, 15) is 5.11 Å². The summed E-state index contributed by atoms with van der Waals surface area (Å²) in [6, 6.07) is 6.50. The number of aliphatic hydroxyl groups is 1. The fourth-order valence-electron chi connectivity index (χ4n) is 3.37. The van der Waals surface area contributed by atoms with Gasteiger partial charge in [0, 0.05) is 0 Å². The first-order chi connectivity index (χ1) is 8.61. The quantitative estimate of drug-likeness (QED) is 0.853. The molecule has 1 aromatic rings. The van der Waals surface area contributed by atoms with Crippen molar-refractivity contribution in [2.24, 2.45) is 11.8 Å². The second-order valence-corrected chi connectivity index (χ2v) is 5.99. The van der Waals surface area contributed by atoms with Crippen molar-refractivity contribution in [3.8, 4) is 0 Å². The van der Waals surface area contributed by atoms with Gasteiger partial charge in [0.05, 0.1) is 6.10 Å². The van der Waals surface area contributed by atoms with Crippen LogP contribution in [0.15, 0.2) is 18.2 Å². The van der Waals surface area contributed by atoms with Gasteiger partial charge in [-0.1, -0.05) is 31.5 Å². The Bertz CT molecular complexity index is 376. The van der Waals surface area contributed by atoms with E-state index in [4.69, 9.17) is 0 Å². The van der Waals surface area contributed by atoms with Gasteiger partial charge in [-0.2, -0.15) is 0 Å².